The Morgan fingerprint density at radius 1 is 1.21 bits per heavy atom. The molecule has 0 unspecified atom stereocenters. The Labute approximate surface area is 112 Å². The van der Waals surface area contributed by atoms with Crippen molar-refractivity contribution >= 4 is 0 Å². The number of aryl methyl sites for hydroxylation is 1. The van der Waals surface area contributed by atoms with E-state index in [1.807, 2.05) is 13.0 Å². The van der Waals surface area contributed by atoms with Crippen LogP contribution in [0.5, 0.6) is 0 Å². The topological polar surface area (TPSA) is 3.24 Å². The van der Waals surface area contributed by atoms with E-state index in [1.54, 1.807) is 0 Å². The molecule has 1 aromatic rings. The van der Waals surface area contributed by atoms with Crippen molar-refractivity contribution in [1.29, 1.82) is 0 Å². The summed E-state index contributed by atoms with van der Waals surface area (Å²) in [4.78, 5) is 2.24. The highest BCUT2D eigenvalue weighted by Gasteiger charge is 2.31. The largest absolute Gasteiger partial charge is 0.416 e. The van der Waals surface area contributed by atoms with E-state index in [9.17, 15) is 13.2 Å². The fraction of sp³-hybridized carbons (Fsp3) is 0.600. The smallest absolute Gasteiger partial charge is 0.299 e. The number of alkyl halides is 3. The quantitative estimate of drug-likeness (QED) is 0.799. The van der Waals surface area contributed by atoms with Gasteiger partial charge in [0.1, 0.15) is 0 Å². The summed E-state index contributed by atoms with van der Waals surface area (Å²) in [6, 6.07) is 4.45. The molecule has 1 nitrogen and oxygen atoms in total. The zero-order chi connectivity index (χ0) is 14.0. The molecule has 0 saturated carbocycles. The van der Waals surface area contributed by atoms with Crippen LogP contribution in [-0.2, 0) is 19.1 Å². The van der Waals surface area contributed by atoms with Gasteiger partial charge in [-0.25, -0.2) is 0 Å². The fourth-order valence-electron chi connectivity index (χ4n) is 2.65. The van der Waals surface area contributed by atoms with Crippen molar-refractivity contribution < 1.29 is 13.2 Å². The molecule has 1 heterocycles. The van der Waals surface area contributed by atoms with Gasteiger partial charge in [-0.15, -0.1) is 0 Å². The van der Waals surface area contributed by atoms with Crippen LogP contribution in [0.25, 0.3) is 0 Å². The molecule has 106 valence electrons. The minimum absolute atomic E-state index is 0.519. The number of nitrogens with zero attached hydrogens (tertiary/aromatic N) is 1. The number of likely N-dealkylation sites (tertiary alicyclic amines) is 1. The summed E-state index contributed by atoms with van der Waals surface area (Å²) in [5.41, 5.74) is 1.02. The van der Waals surface area contributed by atoms with Crippen molar-refractivity contribution in [2.75, 3.05) is 13.1 Å². The molecule has 0 N–H and O–H groups in total. The standard InChI is InChI=1S/C15H20F3N/c1-3-12-6-13(8-14(7-12)15(16,17)18)10-19-5-4-11(2)9-19/h6-8,11H,3-5,9-10H2,1-2H3/t11-/m1/s1. The molecule has 1 aromatic carbocycles. The van der Waals surface area contributed by atoms with Gasteiger partial charge >= 0.3 is 6.18 Å². The molecular formula is C15H20F3N. The lowest BCUT2D eigenvalue weighted by molar-refractivity contribution is -0.137. The maximum absolute atomic E-state index is 12.8. The minimum Gasteiger partial charge on any atom is -0.299 e. The lowest BCUT2D eigenvalue weighted by Gasteiger charge is -2.17. The van der Waals surface area contributed by atoms with Gasteiger partial charge in [-0.3, -0.25) is 4.90 Å². The predicted octanol–water partition coefficient (Wildman–Crippen LogP) is 4.11. The summed E-state index contributed by atoms with van der Waals surface area (Å²) in [6.45, 7) is 6.67. The first-order chi connectivity index (χ1) is 8.88. The van der Waals surface area contributed by atoms with Gasteiger partial charge in [0.15, 0.2) is 0 Å². The van der Waals surface area contributed by atoms with E-state index < -0.39 is 11.7 Å². The molecule has 4 heteroatoms. The first-order valence-electron chi connectivity index (χ1n) is 6.81. The van der Waals surface area contributed by atoms with Crippen LogP contribution in [0.3, 0.4) is 0 Å². The van der Waals surface area contributed by atoms with Crippen LogP contribution >= 0.6 is 0 Å². The SMILES string of the molecule is CCc1cc(CN2CC[C@@H](C)C2)cc(C(F)(F)F)c1. The Bertz CT molecular complexity index is 440. The van der Waals surface area contributed by atoms with Crippen LogP contribution in [0.15, 0.2) is 18.2 Å². The summed E-state index contributed by atoms with van der Waals surface area (Å²) < 4.78 is 38.5. The van der Waals surface area contributed by atoms with Gasteiger partial charge in [0.2, 0.25) is 0 Å². The summed E-state index contributed by atoms with van der Waals surface area (Å²) >= 11 is 0. The zero-order valence-electron chi connectivity index (χ0n) is 11.4. The summed E-state index contributed by atoms with van der Waals surface area (Å²) in [6.07, 6.45) is -2.48. The molecule has 0 amide bonds. The molecule has 1 aliphatic heterocycles. The maximum Gasteiger partial charge on any atom is 0.416 e. The highest BCUT2D eigenvalue weighted by molar-refractivity contribution is 5.32. The van der Waals surface area contributed by atoms with Crippen LogP contribution in [0, 0.1) is 5.92 Å². The second-order valence-electron chi connectivity index (χ2n) is 5.52. The molecule has 0 spiro atoms. The fourth-order valence-corrected chi connectivity index (χ4v) is 2.65. The molecule has 19 heavy (non-hydrogen) atoms. The second kappa shape index (κ2) is 5.53. The average Bonchev–Trinajstić information content (AvgIpc) is 2.73. The van der Waals surface area contributed by atoms with E-state index in [1.165, 1.54) is 12.1 Å². The lowest BCUT2D eigenvalue weighted by Crippen LogP contribution is -2.20. The Kier molecular flexibility index (Phi) is 4.19. The van der Waals surface area contributed by atoms with Crippen LogP contribution in [0.2, 0.25) is 0 Å². The molecular weight excluding hydrogens is 251 g/mol. The van der Waals surface area contributed by atoms with Crippen LogP contribution in [0.4, 0.5) is 13.2 Å². The Morgan fingerprint density at radius 2 is 1.89 bits per heavy atom. The molecule has 1 saturated heterocycles. The van der Waals surface area contributed by atoms with Gasteiger partial charge in [-0.2, -0.15) is 13.2 Å². The number of rotatable bonds is 3. The maximum atomic E-state index is 12.8. The highest BCUT2D eigenvalue weighted by Crippen LogP contribution is 2.31. The number of benzene rings is 1. The molecule has 0 bridgehead atoms. The van der Waals surface area contributed by atoms with E-state index in [4.69, 9.17) is 0 Å². The summed E-state index contributed by atoms with van der Waals surface area (Å²) in [7, 11) is 0. The van der Waals surface area contributed by atoms with Crippen LogP contribution in [0.1, 0.15) is 37.0 Å². The molecule has 0 aromatic heterocycles. The van der Waals surface area contributed by atoms with Gasteiger partial charge in [0.25, 0.3) is 0 Å². The van der Waals surface area contributed by atoms with E-state index in [-0.39, 0.29) is 0 Å². The molecule has 1 aliphatic rings. The van der Waals surface area contributed by atoms with Crippen LogP contribution in [-0.4, -0.2) is 18.0 Å². The third-order valence-corrected chi connectivity index (χ3v) is 3.70. The molecule has 1 fully saturated rings. The zero-order valence-corrected chi connectivity index (χ0v) is 11.4. The summed E-state index contributed by atoms with van der Waals surface area (Å²) in [5.74, 6) is 0.649. The van der Waals surface area contributed by atoms with Gasteiger partial charge in [0.05, 0.1) is 5.56 Å². The van der Waals surface area contributed by atoms with Crippen LogP contribution < -0.4 is 0 Å². The van der Waals surface area contributed by atoms with E-state index in [0.29, 0.717) is 18.9 Å². The average molecular weight is 271 g/mol. The Hall–Kier alpha value is -1.03. The van der Waals surface area contributed by atoms with E-state index in [0.717, 1.165) is 30.6 Å². The van der Waals surface area contributed by atoms with Crippen molar-refractivity contribution in [3.05, 3.63) is 34.9 Å². The van der Waals surface area contributed by atoms with E-state index >= 15 is 0 Å². The third-order valence-electron chi connectivity index (χ3n) is 3.70. The van der Waals surface area contributed by atoms with Crippen molar-refractivity contribution in [3.8, 4) is 0 Å². The first kappa shape index (κ1) is 14.4. The number of hydrogen-bond donors (Lipinski definition) is 0. The van der Waals surface area contributed by atoms with Crippen molar-refractivity contribution in [3.63, 3.8) is 0 Å². The van der Waals surface area contributed by atoms with Gasteiger partial charge in [0, 0.05) is 13.1 Å². The third kappa shape index (κ3) is 3.72. The molecule has 1 atom stereocenters. The normalized spacial score (nSPS) is 21.0. The first-order valence-corrected chi connectivity index (χ1v) is 6.81. The molecule has 0 aliphatic carbocycles. The van der Waals surface area contributed by atoms with Gasteiger partial charge in [-0.05, 0) is 48.6 Å². The second-order valence-corrected chi connectivity index (χ2v) is 5.52. The molecule has 2 rings (SSSR count). The van der Waals surface area contributed by atoms with Gasteiger partial charge < -0.3 is 0 Å². The molecule has 0 radical (unpaired) electrons. The number of halogens is 3. The predicted molar refractivity (Wildman–Crippen MR) is 69.9 cm³/mol. The van der Waals surface area contributed by atoms with Crippen molar-refractivity contribution in [2.45, 2.75) is 39.4 Å². The number of hydrogen-bond acceptors (Lipinski definition) is 1. The Morgan fingerprint density at radius 3 is 2.42 bits per heavy atom. The Balaban J connectivity index is 2.20. The monoisotopic (exact) mass is 271 g/mol. The van der Waals surface area contributed by atoms with Crippen molar-refractivity contribution in [2.24, 2.45) is 5.92 Å². The van der Waals surface area contributed by atoms with Crippen molar-refractivity contribution in [1.82, 2.24) is 4.90 Å². The van der Waals surface area contributed by atoms with E-state index in [2.05, 4.69) is 11.8 Å². The van der Waals surface area contributed by atoms with Gasteiger partial charge in [-0.1, -0.05) is 19.9 Å². The minimum atomic E-state index is -4.25. The lowest BCUT2D eigenvalue weighted by atomic mass is 10.0. The highest BCUT2D eigenvalue weighted by atomic mass is 19.4. The summed E-state index contributed by atoms with van der Waals surface area (Å²) in [5, 5.41) is 0.